The molecule has 0 aromatic carbocycles. The van der Waals surface area contributed by atoms with E-state index >= 15 is 0 Å². The molecule has 0 radical (unpaired) electrons. The fourth-order valence-corrected chi connectivity index (χ4v) is 2.54. The van der Waals surface area contributed by atoms with E-state index in [0.29, 0.717) is 6.42 Å². The van der Waals surface area contributed by atoms with Gasteiger partial charge in [-0.2, -0.15) is 0 Å². The van der Waals surface area contributed by atoms with Gasteiger partial charge in [0, 0.05) is 6.04 Å². The number of amides is 1. The van der Waals surface area contributed by atoms with Crippen LogP contribution in [0, 0.1) is 11.3 Å². The number of methoxy groups -OCH3 is 1. The Bertz CT molecular complexity index is 288. The monoisotopic (exact) mass is 229 g/mol. The Morgan fingerprint density at radius 3 is 2.44 bits per heavy atom. The molecule has 1 saturated carbocycles. The van der Waals surface area contributed by atoms with Gasteiger partial charge in [-0.15, -0.1) is 0 Å². The van der Waals surface area contributed by atoms with Gasteiger partial charge in [0.05, 0.1) is 12.5 Å². The Kier molecular flexibility index (Phi) is 3.78. The molecular weight excluding hydrogens is 210 g/mol. The Balaban J connectivity index is 2.73. The van der Waals surface area contributed by atoms with Crippen LogP contribution >= 0.6 is 0 Å². The number of carbonyl (C=O) groups is 2. The first-order chi connectivity index (χ1) is 7.52. The van der Waals surface area contributed by atoms with Gasteiger partial charge >= 0.3 is 12.1 Å². The summed E-state index contributed by atoms with van der Waals surface area (Å²) in [5, 5.41) is 11.9. The van der Waals surface area contributed by atoms with Crippen molar-refractivity contribution in [2.45, 2.75) is 39.2 Å². The number of hydrogen-bond donors (Lipinski definition) is 2. The molecule has 0 saturated heterocycles. The van der Waals surface area contributed by atoms with Gasteiger partial charge in [0.25, 0.3) is 0 Å². The van der Waals surface area contributed by atoms with E-state index in [9.17, 15) is 14.7 Å². The molecule has 0 aromatic rings. The number of aliphatic carboxylic acids is 1. The van der Waals surface area contributed by atoms with E-state index in [1.807, 2.05) is 13.8 Å². The van der Waals surface area contributed by atoms with Gasteiger partial charge in [-0.25, -0.2) is 4.79 Å². The van der Waals surface area contributed by atoms with Crippen molar-refractivity contribution >= 4 is 12.1 Å². The summed E-state index contributed by atoms with van der Waals surface area (Å²) in [7, 11) is 1.28. The molecule has 0 aromatic heterocycles. The highest BCUT2D eigenvalue weighted by Gasteiger charge is 2.64. The van der Waals surface area contributed by atoms with Crippen molar-refractivity contribution < 1.29 is 19.4 Å². The first kappa shape index (κ1) is 12.8. The third kappa shape index (κ3) is 1.99. The van der Waals surface area contributed by atoms with Gasteiger partial charge in [-0.1, -0.05) is 26.7 Å². The van der Waals surface area contributed by atoms with Crippen molar-refractivity contribution in [1.29, 1.82) is 0 Å². The molecule has 16 heavy (non-hydrogen) atoms. The number of hydrogen-bond acceptors (Lipinski definition) is 3. The van der Waals surface area contributed by atoms with Crippen LogP contribution in [0.2, 0.25) is 0 Å². The number of carboxylic acids is 1. The fourth-order valence-electron chi connectivity index (χ4n) is 2.54. The van der Waals surface area contributed by atoms with E-state index in [1.54, 1.807) is 0 Å². The summed E-state index contributed by atoms with van der Waals surface area (Å²) in [6.07, 6.45) is 1.56. The largest absolute Gasteiger partial charge is 0.481 e. The second-order valence-electron chi connectivity index (χ2n) is 4.25. The molecule has 5 heteroatoms. The van der Waals surface area contributed by atoms with E-state index in [0.717, 1.165) is 12.8 Å². The maximum absolute atomic E-state index is 11.3. The van der Waals surface area contributed by atoms with E-state index in [2.05, 4.69) is 10.1 Å². The third-order valence-electron chi connectivity index (χ3n) is 3.59. The molecule has 1 fully saturated rings. The summed E-state index contributed by atoms with van der Waals surface area (Å²) in [6.45, 7) is 3.96. The zero-order valence-electron chi connectivity index (χ0n) is 9.95. The van der Waals surface area contributed by atoms with E-state index < -0.39 is 17.5 Å². The minimum atomic E-state index is -0.817. The molecule has 0 heterocycles. The van der Waals surface area contributed by atoms with Crippen LogP contribution in [-0.2, 0) is 9.53 Å². The van der Waals surface area contributed by atoms with Crippen LogP contribution in [-0.4, -0.2) is 30.3 Å². The maximum Gasteiger partial charge on any atom is 0.407 e. The number of rotatable bonds is 5. The van der Waals surface area contributed by atoms with Gasteiger partial charge in [-0.05, 0) is 12.3 Å². The van der Waals surface area contributed by atoms with Crippen LogP contribution in [0.15, 0.2) is 0 Å². The van der Waals surface area contributed by atoms with Crippen LogP contribution in [0.25, 0.3) is 0 Å². The lowest BCUT2D eigenvalue weighted by Gasteiger charge is -2.22. The van der Waals surface area contributed by atoms with Crippen LogP contribution in [0.3, 0.4) is 0 Å². The Labute approximate surface area is 95.2 Å². The Morgan fingerprint density at radius 1 is 1.50 bits per heavy atom. The minimum absolute atomic E-state index is 0.104. The molecule has 2 N–H and O–H groups in total. The van der Waals surface area contributed by atoms with E-state index in [4.69, 9.17) is 0 Å². The van der Waals surface area contributed by atoms with Crippen molar-refractivity contribution in [3.05, 3.63) is 0 Å². The SMILES string of the molecule is CCC(CC)[C@]1(C(=O)O)CC1NC(=O)OC. The van der Waals surface area contributed by atoms with Crippen molar-refractivity contribution in [2.24, 2.45) is 11.3 Å². The molecule has 2 atom stereocenters. The number of carboxylic acid groups (broad SMARTS) is 1. The quantitative estimate of drug-likeness (QED) is 0.751. The van der Waals surface area contributed by atoms with Gasteiger partial charge in [0.1, 0.15) is 0 Å². The van der Waals surface area contributed by atoms with Gasteiger partial charge < -0.3 is 15.2 Å². The third-order valence-corrected chi connectivity index (χ3v) is 3.59. The lowest BCUT2D eigenvalue weighted by Crippen LogP contribution is -2.36. The predicted octanol–water partition coefficient (Wildman–Crippen LogP) is 1.62. The smallest absolute Gasteiger partial charge is 0.407 e. The number of ether oxygens (including phenoxy) is 1. The molecule has 5 nitrogen and oxygen atoms in total. The second kappa shape index (κ2) is 4.72. The van der Waals surface area contributed by atoms with Crippen molar-refractivity contribution in [3.8, 4) is 0 Å². The van der Waals surface area contributed by atoms with Crippen LogP contribution in [0.4, 0.5) is 4.79 Å². The standard InChI is InChI=1S/C11H19NO4/c1-4-7(5-2)11(9(13)14)6-8(11)12-10(15)16-3/h7-8H,4-6H2,1-3H3,(H,12,15)(H,13,14)/t8?,11-/m1/s1. The van der Waals surface area contributed by atoms with Gasteiger partial charge in [-0.3, -0.25) is 4.79 Å². The number of nitrogens with one attached hydrogen (secondary N) is 1. The van der Waals surface area contributed by atoms with E-state index in [1.165, 1.54) is 7.11 Å². The molecule has 1 aliphatic rings. The lowest BCUT2D eigenvalue weighted by atomic mass is 9.84. The van der Waals surface area contributed by atoms with Crippen molar-refractivity contribution in [1.82, 2.24) is 5.32 Å². The zero-order valence-corrected chi connectivity index (χ0v) is 9.95. The highest BCUT2D eigenvalue weighted by molar-refractivity contribution is 5.82. The molecule has 1 amide bonds. The maximum atomic E-state index is 11.3. The molecule has 0 bridgehead atoms. The highest BCUT2D eigenvalue weighted by Crippen LogP contribution is 2.54. The fraction of sp³-hybridized carbons (Fsp3) is 0.818. The summed E-state index contributed by atoms with van der Waals surface area (Å²) in [5.74, 6) is -0.713. The van der Waals surface area contributed by atoms with Crippen molar-refractivity contribution in [2.75, 3.05) is 7.11 Å². The summed E-state index contributed by atoms with van der Waals surface area (Å²) >= 11 is 0. The summed E-state index contributed by atoms with van der Waals surface area (Å²) in [5.41, 5.74) is -0.780. The number of alkyl carbamates (subject to hydrolysis) is 1. The number of carbonyl (C=O) groups excluding carboxylic acids is 1. The Hall–Kier alpha value is -1.26. The average Bonchev–Trinajstić information content (AvgIpc) is 2.95. The highest BCUT2D eigenvalue weighted by atomic mass is 16.5. The molecule has 0 aliphatic heterocycles. The van der Waals surface area contributed by atoms with Crippen molar-refractivity contribution in [3.63, 3.8) is 0 Å². The van der Waals surface area contributed by atoms with E-state index in [-0.39, 0.29) is 12.0 Å². The first-order valence-corrected chi connectivity index (χ1v) is 5.60. The zero-order chi connectivity index (χ0) is 12.3. The Morgan fingerprint density at radius 2 is 2.06 bits per heavy atom. The summed E-state index contributed by atoms with van der Waals surface area (Å²) in [6, 6.07) is -0.289. The predicted molar refractivity (Wildman–Crippen MR) is 58.1 cm³/mol. The van der Waals surface area contributed by atoms with Crippen LogP contribution in [0.5, 0.6) is 0 Å². The molecule has 1 unspecified atom stereocenters. The normalized spacial score (nSPS) is 27.6. The van der Waals surface area contributed by atoms with Gasteiger partial charge in [0.2, 0.25) is 0 Å². The van der Waals surface area contributed by atoms with Gasteiger partial charge in [0.15, 0.2) is 0 Å². The molecule has 1 aliphatic carbocycles. The molecule has 0 spiro atoms. The van der Waals surface area contributed by atoms with Crippen LogP contribution < -0.4 is 5.32 Å². The molecule has 92 valence electrons. The summed E-state index contributed by atoms with van der Waals surface area (Å²) in [4.78, 5) is 22.4. The first-order valence-electron chi connectivity index (χ1n) is 5.60. The minimum Gasteiger partial charge on any atom is -0.481 e. The molecular formula is C11H19NO4. The lowest BCUT2D eigenvalue weighted by molar-refractivity contribution is -0.146. The second-order valence-corrected chi connectivity index (χ2v) is 4.25. The van der Waals surface area contributed by atoms with Crippen LogP contribution in [0.1, 0.15) is 33.1 Å². The summed E-state index contributed by atoms with van der Waals surface area (Å²) < 4.78 is 4.48. The topological polar surface area (TPSA) is 75.6 Å². The molecule has 1 rings (SSSR count). The average molecular weight is 229 g/mol.